The summed E-state index contributed by atoms with van der Waals surface area (Å²) in [5.41, 5.74) is 3.03. The number of aromatic carboxylic acids is 1. The number of nitrogens with zero attached hydrogens (tertiary/aromatic N) is 1. The molecule has 0 saturated carbocycles. The fourth-order valence-electron chi connectivity index (χ4n) is 2.63. The van der Waals surface area contributed by atoms with Gasteiger partial charge in [0.15, 0.2) is 0 Å². The number of benzene rings is 3. The minimum atomic E-state index is -1.00. The van der Waals surface area contributed by atoms with E-state index >= 15 is 0 Å². The minimum Gasteiger partial charge on any atom is -0.488 e. The summed E-state index contributed by atoms with van der Waals surface area (Å²) in [6.45, 7) is 0.415. The summed E-state index contributed by atoms with van der Waals surface area (Å²) in [5, 5.41) is 18.6. The summed E-state index contributed by atoms with van der Waals surface area (Å²) in [6, 6.07) is 23.8. The maximum Gasteiger partial charge on any atom is 0.335 e. The van der Waals surface area contributed by atoms with Crippen LogP contribution < -0.4 is 4.74 Å². The van der Waals surface area contributed by atoms with Crippen molar-refractivity contribution in [3.63, 3.8) is 0 Å². The highest BCUT2D eigenvalue weighted by Gasteiger charge is 2.08. The summed E-state index contributed by atoms with van der Waals surface area (Å²) < 4.78 is 6.82. The van der Waals surface area contributed by atoms with Gasteiger partial charge in [-0.2, -0.15) is 5.26 Å². The molecule has 0 atom stereocenters. The van der Waals surface area contributed by atoms with Crippen LogP contribution in [0.5, 0.6) is 5.75 Å². The molecule has 138 valence electrons. The Morgan fingerprint density at radius 2 is 1.71 bits per heavy atom. The lowest BCUT2D eigenvalue weighted by atomic mass is 10.0. The molecule has 3 aromatic carbocycles. The number of hydrogen-bond donors (Lipinski definition) is 1. The third kappa shape index (κ3) is 4.87. The molecule has 4 nitrogen and oxygen atoms in total. The van der Waals surface area contributed by atoms with E-state index in [-0.39, 0.29) is 5.56 Å². The van der Waals surface area contributed by atoms with Crippen molar-refractivity contribution in [1.82, 2.24) is 0 Å². The highest BCUT2D eigenvalue weighted by Crippen LogP contribution is 2.28. The van der Waals surface area contributed by atoms with E-state index in [2.05, 4.69) is 22.0 Å². The first-order valence-corrected chi connectivity index (χ1v) is 9.28. The largest absolute Gasteiger partial charge is 0.488 e. The van der Waals surface area contributed by atoms with Gasteiger partial charge in [0, 0.05) is 10.0 Å². The van der Waals surface area contributed by atoms with Crippen molar-refractivity contribution in [2.75, 3.05) is 0 Å². The van der Waals surface area contributed by atoms with E-state index in [1.807, 2.05) is 48.5 Å². The maximum absolute atomic E-state index is 11.0. The molecule has 0 heterocycles. The van der Waals surface area contributed by atoms with E-state index in [4.69, 9.17) is 9.84 Å². The van der Waals surface area contributed by atoms with Crippen molar-refractivity contribution >= 4 is 33.5 Å². The Morgan fingerprint density at radius 1 is 1.04 bits per heavy atom. The molecule has 0 saturated heterocycles. The number of halogens is 1. The number of hydrogen-bond acceptors (Lipinski definition) is 3. The Bertz CT molecular complexity index is 1050. The van der Waals surface area contributed by atoms with E-state index in [1.165, 1.54) is 12.1 Å². The van der Waals surface area contributed by atoms with Crippen molar-refractivity contribution in [3.05, 3.63) is 99.5 Å². The molecule has 3 rings (SSSR count). The SMILES string of the molecule is N#C/C(=C\c1cc(Br)ccc1OCc1ccccc1)c1ccc(C(=O)O)cc1. The number of carboxylic acid groups (broad SMARTS) is 1. The molecule has 0 aromatic heterocycles. The van der Waals surface area contributed by atoms with Gasteiger partial charge in [0.25, 0.3) is 0 Å². The van der Waals surface area contributed by atoms with Gasteiger partial charge in [0.05, 0.1) is 17.2 Å². The number of carbonyl (C=O) groups is 1. The molecule has 0 aliphatic carbocycles. The topological polar surface area (TPSA) is 70.3 Å². The first-order chi connectivity index (χ1) is 13.6. The molecular formula is C23H16BrNO3. The molecule has 0 bridgehead atoms. The fourth-order valence-corrected chi connectivity index (χ4v) is 3.01. The highest BCUT2D eigenvalue weighted by atomic mass is 79.9. The number of allylic oxidation sites excluding steroid dienone is 1. The maximum atomic E-state index is 11.0. The van der Waals surface area contributed by atoms with E-state index in [0.717, 1.165) is 15.6 Å². The second kappa shape index (κ2) is 9.03. The molecule has 3 aromatic rings. The van der Waals surface area contributed by atoms with Crippen molar-refractivity contribution in [3.8, 4) is 11.8 Å². The lowest BCUT2D eigenvalue weighted by Crippen LogP contribution is -1.97. The summed E-state index contributed by atoms with van der Waals surface area (Å²) in [5.74, 6) is -0.348. The zero-order valence-electron chi connectivity index (χ0n) is 14.8. The van der Waals surface area contributed by atoms with Crippen LogP contribution in [0, 0.1) is 11.3 Å². The predicted molar refractivity (Wildman–Crippen MR) is 112 cm³/mol. The standard InChI is InChI=1S/C23H16BrNO3/c24-21-10-11-22(28-15-16-4-2-1-3-5-16)19(13-21)12-20(14-25)17-6-8-18(9-7-17)23(26)27/h1-13H,15H2,(H,26,27)/b20-12+. The monoisotopic (exact) mass is 433 g/mol. The van der Waals surface area contributed by atoms with Crippen molar-refractivity contribution in [2.24, 2.45) is 0 Å². The molecule has 0 aliphatic heterocycles. The average molecular weight is 434 g/mol. The van der Waals surface area contributed by atoms with Crippen LogP contribution in [0.2, 0.25) is 0 Å². The second-order valence-corrected chi connectivity index (χ2v) is 6.92. The summed E-state index contributed by atoms with van der Waals surface area (Å²) in [7, 11) is 0. The molecule has 0 aliphatic rings. The van der Waals surface area contributed by atoms with Crippen molar-refractivity contribution in [1.29, 1.82) is 5.26 Å². The van der Waals surface area contributed by atoms with Gasteiger partial charge < -0.3 is 9.84 Å². The van der Waals surface area contributed by atoms with Gasteiger partial charge in [-0.25, -0.2) is 4.79 Å². The predicted octanol–water partition coefficient (Wildman–Crippen LogP) is 5.79. The van der Waals surface area contributed by atoms with Crippen LogP contribution in [0.25, 0.3) is 11.6 Å². The fraction of sp³-hybridized carbons (Fsp3) is 0.0435. The van der Waals surface area contributed by atoms with Gasteiger partial charge in [0.2, 0.25) is 0 Å². The Labute approximate surface area is 171 Å². The van der Waals surface area contributed by atoms with Crippen LogP contribution in [-0.4, -0.2) is 11.1 Å². The first-order valence-electron chi connectivity index (χ1n) is 8.48. The summed E-state index contributed by atoms with van der Waals surface area (Å²) in [6.07, 6.45) is 1.74. The minimum absolute atomic E-state index is 0.176. The Kier molecular flexibility index (Phi) is 6.25. The van der Waals surface area contributed by atoms with Crippen LogP contribution in [0.3, 0.4) is 0 Å². The molecule has 0 fully saturated rings. The zero-order chi connectivity index (χ0) is 19.9. The van der Waals surface area contributed by atoms with Crippen LogP contribution in [-0.2, 0) is 6.61 Å². The molecule has 0 unspecified atom stereocenters. The van der Waals surface area contributed by atoms with Crippen molar-refractivity contribution < 1.29 is 14.6 Å². The molecule has 0 spiro atoms. The lowest BCUT2D eigenvalue weighted by molar-refractivity contribution is 0.0697. The van der Waals surface area contributed by atoms with E-state index < -0.39 is 5.97 Å². The molecule has 28 heavy (non-hydrogen) atoms. The third-order valence-corrected chi connectivity index (χ3v) is 4.57. The van der Waals surface area contributed by atoms with Crippen LogP contribution in [0.1, 0.15) is 27.0 Å². The van der Waals surface area contributed by atoms with Gasteiger partial charge in [-0.15, -0.1) is 0 Å². The van der Waals surface area contributed by atoms with Crippen molar-refractivity contribution in [2.45, 2.75) is 6.61 Å². The first kappa shape index (κ1) is 19.4. The van der Waals surface area contributed by atoms with Crippen LogP contribution in [0.4, 0.5) is 0 Å². The van der Waals surface area contributed by atoms with E-state index in [1.54, 1.807) is 18.2 Å². The van der Waals surface area contributed by atoms with Crippen LogP contribution >= 0.6 is 15.9 Å². The normalized spacial score (nSPS) is 10.9. The average Bonchev–Trinajstić information content (AvgIpc) is 2.72. The zero-order valence-corrected chi connectivity index (χ0v) is 16.4. The molecule has 5 heteroatoms. The molecule has 1 N–H and O–H groups in total. The number of rotatable bonds is 6. The number of carboxylic acids is 1. The Balaban J connectivity index is 1.91. The van der Waals surface area contributed by atoms with Gasteiger partial charge >= 0.3 is 5.97 Å². The van der Waals surface area contributed by atoms with Gasteiger partial charge in [0.1, 0.15) is 12.4 Å². The van der Waals surface area contributed by atoms with Gasteiger partial charge in [-0.05, 0) is 47.5 Å². The number of ether oxygens (including phenoxy) is 1. The molecule has 0 amide bonds. The lowest BCUT2D eigenvalue weighted by Gasteiger charge is -2.11. The second-order valence-electron chi connectivity index (χ2n) is 6.01. The quantitative estimate of drug-likeness (QED) is 0.394. The highest BCUT2D eigenvalue weighted by molar-refractivity contribution is 9.10. The van der Waals surface area contributed by atoms with E-state index in [9.17, 15) is 10.1 Å². The summed E-state index contributed by atoms with van der Waals surface area (Å²) >= 11 is 3.45. The number of nitriles is 1. The Morgan fingerprint density at radius 3 is 2.36 bits per heavy atom. The van der Waals surface area contributed by atoms with Gasteiger partial charge in [-0.3, -0.25) is 0 Å². The third-order valence-electron chi connectivity index (χ3n) is 4.07. The Hall–Kier alpha value is -3.36. The molecular weight excluding hydrogens is 418 g/mol. The van der Waals surface area contributed by atoms with Gasteiger partial charge in [-0.1, -0.05) is 58.4 Å². The van der Waals surface area contributed by atoms with E-state index in [0.29, 0.717) is 23.5 Å². The van der Waals surface area contributed by atoms with Crippen LogP contribution in [0.15, 0.2) is 77.3 Å². The smallest absolute Gasteiger partial charge is 0.335 e. The molecule has 0 radical (unpaired) electrons. The summed E-state index contributed by atoms with van der Waals surface area (Å²) in [4.78, 5) is 11.0.